The summed E-state index contributed by atoms with van der Waals surface area (Å²) in [6, 6.07) is 0. The zero-order valence-electron chi connectivity index (χ0n) is 7.85. The second-order valence-corrected chi connectivity index (χ2v) is 2.62. The molecule has 0 bridgehead atoms. The van der Waals surface area contributed by atoms with Gasteiger partial charge in [0.25, 0.3) is 0 Å². The zero-order valence-corrected chi connectivity index (χ0v) is 8.61. The van der Waals surface area contributed by atoms with Gasteiger partial charge in [0.05, 0.1) is 0 Å². The van der Waals surface area contributed by atoms with E-state index in [1.54, 1.807) is 0 Å². The predicted octanol–water partition coefficient (Wildman–Crippen LogP) is 2.12. The molecule has 3 heteroatoms. The summed E-state index contributed by atoms with van der Waals surface area (Å²) in [5, 5.41) is -0.361. The lowest BCUT2D eigenvalue weighted by Crippen LogP contribution is -2.21. The third kappa shape index (κ3) is 17.8. The van der Waals surface area contributed by atoms with E-state index in [2.05, 4.69) is 37.3 Å². The van der Waals surface area contributed by atoms with Crippen LogP contribution in [0.2, 0.25) is 0 Å². The molecule has 0 N–H and O–H groups in total. The first kappa shape index (κ1) is 13.5. The number of halogens is 1. The average molecular weight is 180 g/mol. The molecule has 0 aliphatic rings. The van der Waals surface area contributed by atoms with Gasteiger partial charge in [0.2, 0.25) is 5.24 Å². The lowest BCUT2D eigenvalue weighted by atomic mass is 10.5. The van der Waals surface area contributed by atoms with Crippen molar-refractivity contribution in [2.75, 3.05) is 19.6 Å². The SMILES string of the molecule is CC(=O)Cl.CCN(CC)CC. The monoisotopic (exact) mass is 179 g/mol. The van der Waals surface area contributed by atoms with Crippen molar-refractivity contribution in [2.45, 2.75) is 27.7 Å². The molecule has 0 fully saturated rings. The zero-order chi connectivity index (χ0) is 9.28. The summed E-state index contributed by atoms with van der Waals surface area (Å²) in [6.45, 7) is 11.4. The summed E-state index contributed by atoms with van der Waals surface area (Å²) in [6.07, 6.45) is 0. The number of nitrogens with zero attached hydrogens (tertiary/aromatic N) is 1. The van der Waals surface area contributed by atoms with Crippen molar-refractivity contribution >= 4 is 16.8 Å². The molecule has 0 atom stereocenters. The van der Waals surface area contributed by atoms with Crippen molar-refractivity contribution in [1.82, 2.24) is 4.90 Å². The molecule has 0 amide bonds. The van der Waals surface area contributed by atoms with Crippen LogP contribution in [0.4, 0.5) is 0 Å². The van der Waals surface area contributed by atoms with Crippen molar-refractivity contribution in [3.63, 3.8) is 0 Å². The van der Waals surface area contributed by atoms with E-state index in [4.69, 9.17) is 0 Å². The molecular formula is C8H18ClNO. The number of carbonyl (C=O) groups excluding carboxylic acids is 1. The molecule has 0 saturated heterocycles. The summed E-state index contributed by atoms with van der Waals surface area (Å²) in [5.74, 6) is 0. The Bertz CT molecular complexity index is 82.6. The Balaban J connectivity index is 0. The highest BCUT2D eigenvalue weighted by Gasteiger charge is 1.89. The second-order valence-electron chi connectivity index (χ2n) is 2.09. The van der Waals surface area contributed by atoms with Crippen molar-refractivity contribution in [2.24, 2.45) is 0 Å². The molecule has 11 heavy (non-hydrogen) atoms. The maximum Gasteiger partial charge on any atom is 0.218 e. The normalized spacial score (nSPS) is 8.91. The predicted molar refractivity (Wildman–Crippen MR) is 50.0 cm³/mol. The molecule has 0 heterocycles. The molecule has 0 aliphatic heterocycles. The fraction of sp³-hybridized carbons (Fsp3) is 0.875. The van der Waals surface area contributed by atoms with Crippen LogP contribution in [-0.4, -0.2) is 29.8 Å². The van der Waals surface area contributed by atoms with Crippen LogP contribution < -0.4 is 0 Å². The Morgan fingerprint density at radius 2 is 1.36 bits per heavy atom. The Morgan fingerprint density at radius 1 is 1.18 bits per heavy atom. The molecule has 0 unspecified atom stereocenters. The van der Waals surface area contributed by atoms with Gasteiger partial charge in [-0.1, -0.05) is 20.8 Å². The summed E-state index contributed by atoms with van der Waals surface area (Å²) in [5.41, 5.74) is 0. The Kier molecular flexibility index (Phi) is 12.2. The minimum atomic E-state index is -0.361. The van der Waals surface area contributed by atoms with E-state index >= 15 is 0 Å². The van der Waals surface area contributed by atoms with Crippen LogP contribution in [0.1, 0.15) is 27.7 Å². The van der Waals surface area contributed by atoms with Crippen LogP contribution in [0.3, 0.4) is 0 Å². The van der Waals surface area contributed by atoms with Gasteiger partial charge >= 0.3 is 0 Å². The lowest BCUT2D eigenvalue weighted by molar-refractivity contribution is -0.109. The van der Waals surface area contributed by atoms with Crippen LogP contribution in [0.5, 0.6) is 0 Å². The molecular weight excluding hydrogens is 162 g/mol. The molecule has 0 aromatic carbocycles. The first-order valence-electron chi connectivity index (χ1n) is 3.96. The highest BCUT2D eigenvalue weighted by atomic mass is 35.5. The Morgan fingerprint density at radius 3 is 1.36 bits per heavy atom. The van der Waals surface area contributed by atoms with E-state index < -0.39 is 0 Å². The van der Waals surface area contributed by atoms with Crippen molar-refractivity contribution in [3.05, 3.63) is 0 Å². The van der Waals surface area contributed by atoms with Gasteiger partial charge in [-0.25, -0.2) is 0 Å². The van der Waals surface area contributed by atoms with Crippen molar-refractivity contribution < 1.29 is 4.79 Å². The van der Waals surface area contributed by atoms with Crippen molar-refractivity contribution in [3.8, 4) is 0 Å². The van der Waals surface area contributed by atoms with Gasteiger partial charge in [0.1, 0.15) is 0 Å². The van der Waals surface area contributed by atoms with Gasteiger partial charge in [-0.2, -0.15) is 0 Å². The molecule has 0 spiro atoms. The molecule has 0 radical (unpaired) electrons. The lowest BCUT2D eigenvalue weighted by Gasteiger charge is -2.13. The highest BCUT2D eigenvalue weighted by Crippen LogP contribution is 1.81. The summed E-state index contributed by atoms with van der Waals surface area (Å²) < 4.78 is 0. The molecule has 0 saturated carbocycles. The highest BCUT2D eigenvalue weighted by molar-refractivity contribution is 6.62. The molecule has 0 aromatic rings. The van der Waals surface area contributed by atoms with Gasteiger partial charge in [-0.3, -0.25) is 4.79 Å². The van der Waals surface area contributed by atoms with E-state index in [1.165, 1.54) is 26.6 Å². The van der Waals surface area contributed by atoms with Crippen LogP contribution in [0.25, 0.3) is 0 Å². The van der Waals surface area contributed by atoms with Gasteiger partial charge < -0.3 is 4.90 Å². The molecule has 0 aliphatic carbocycles. The molecule has 2 nitrogen and oxygen atoms in total. The van der Waals surface area contributed by atoms with Gasteiger partial charge in [0, 0.05) is 6.92 Å². The Hall–Kier alpha value is -0.0800. The maximum atomic E-state index is 9.21. The minimum Gasteiger partial charge on any atom is -0.304 e. The van der Waals surface area contributed by atoms with Gasteiger partial charge in [-0.15, -0.1) is 0 Å². The van der Waals surface area contributed by atoms with Crippen LogP contribution in [0, 0.1) is 0 Å². The summed E-state index contributed by atoms with van der Waals surface area (Å²) in [4.78, 5) is 11.6. The van der Waals surface area contributed by atoms with E-state index in [0.29, 0.717) is 0 Å². The minimum absolute atomic E-state index is 0.361. The standard InChI is InChI=1S/C6H15N.C2H3ClO/c1-4-7(5-2)6-3;1-2(3)4/h4-6H2,1-3H3;1H3. The van der Waals surface area contributed by atoms with Gasteiger partial charge in [-0.05, 0) is 31.2 Å². The number of hydrogen-bond donors (Lipinski definition) is 0. The largest absolute Gasteiger partial charge is 0.304 e. The molecule has 0 aromatic heterocycles. The van der Waals surface area contributed by atoms with E-state index in [9.17, 15) is 4.79 Å². The quantitative estimate of drug-likeness (QED) is 0.619. The fourth-order valence-corrected chi connectivity index (χ4v) is 0.671. The first-order valence-corrected chi connectivity index (χ1v) is 4.34. The van der Waals surface area contributed by atoms with E-state index in [0.717, 1.165) is 0 Å². The first-order chi connectivity index (χ1) is 5.08. The maximum absolute atomic E-state index is 9.21. The second kappa shape index (κ2) is 9.92. The van der Waals surface area contributed by atoms with Crippen LogP contribution in [0.15, 0.2) is 0 Å². The molecule has 0 rings (SSSR count). The van der Waals surface area contributed by atoms with E-state index in [1.807, 2.05) is 0 Å². The van der Waals surface area contributed by atoms with Crippen molar-refractivity contribution in [1.29, 1.82) is 0 Å². The number of hydrogen-bond acceptors (Lipinski definition) is 2. The van der Waals surface area contributed by atoms with Gasteiger partial charge in [0.15, 0.2) is 0 Å². The third-order valence-electron chi connectivity index (χ3n) is 1.34. The topological polar surface area (TPSA) is 20.3 Å². The number of carbonyl (C=O) groups is 1. The average Bonchev–Trinajstić information content (AvgIpc) is 1.90. The van der Waals surface area contributed by atoms with E-state index in [-0.39, 0.29) is 5.24 Å². The summed E-state index contributed by atoms with van der Waals surface area (Å²) >= 11 is 4.64. The summed E-state index contributed by atoms with van der Waals surface area (Å²) in [7, 11) is 0. The molecule has 68 valence electrons. The number of rotatable bonds is 3. The Labute approximate surface area is 74.5 Å². The third-order valence-corrected chi connectivity index (χ3v) is 1.34. The fourth-order valence-electron chi connectivity index (χ4n) is 0.671. The van der Waals surface area contributed by atoms with Crippen LogP contribution in [-0.2, 0) is 4.79 Å². The van der Waals surface area contributed by atoms with Crippen LogP contribution >= 0.6 is 11.6 Å². The smallest absolute Gasteiger partial charge is 0.218 e.